The zero-order chi connectivity index (χ0) is 34.2. The van der Waals surface area contributed by atoms with Gasteiger partial charge in [0.1, 0.15) is 11.5 Å². The molecule has 48 heavy (non-hydrogen) atoms. The van der Waals surface area contributed by atoms with Gasteiger partial charge in [0.15, 0.2) is 0 Å². The van der Waals surface area contributed by atoms with Crippen molar-refractivity contribution in [1.29, 1.82) is 0 Å². The van der Waals surface area contributed by atoms with Gasteiger partial charge in [-0.25, -0.2) is 9.78 Å². The lowest BCUT2D eigenvalue weighted by atomic mass is 9.92. The van der Waals surface area contributed by atoms with Crippen LogP contribution in [0.2, 0.25) is 0 Å². The number of aromatic nitrogens is 2. The Hall–Kier alpha value is -4.76. The molecule has 4 aromatic rings. The molecule has 5 rings (SSSR count). The van der Waals surface area contributed by atoms with E-state index in [4.69, 9.17) is 9.72 Å². The molecule has 0 radical (unpaired) electrons. The number of ether oxygens (including phenoxy) is 1. The van der Waals surface area contributed by atoms with Crippen LogP contribution in [0.1, 0.15) is 100 Å². The summed E-state index contributed by atoms with van der Waals surface area (Å²) < 4.78 is 6.97. The maximum Gasteiger partial charge on any atom is 0.337 e. The van der Waals surface area contributed by atoms with Gasteiger partial charge >= 0.3 is 5.97 Å². The van der Waals surface area contributed by atoms with E-state index in [0.29, 0.717) is 43.1 Å². The Bertz CT molecular complexity index is 1730. The highest BCUT2D eigenvalue weighted by Crippen LogP contribution is 2.33. The second-order valence-corrected chi connectivity index (χ2v) is 12.4. The van der Waals surface area contributed by atoms with Gasteiger partial charge in [-0.15, -0.1) is 0 Å². The fraction of sp³-hybridized carbons (Fsp3) is 0.385. The maximum atomic E-state index is 14.6. The van der Waals surface area contributed by atoms with Crippen LogP contribution >= 0.6 is 0 Å². The van der Waals surface area contributed by atoms with Crippen LogP contribution in [-0.2, 0) is 17.7 Å². The van der Waals surface area contributed by atoms with Crippen molar-refractivity contribution in [3.05, 3.63) is 113 Å². The lowest BCUT2D eigenvalue weighted by Gasteiger charge is -2.36. The maximum absolute atomic E-state index is 14.6. The molecule has 1 unspecified atom stereocenters. The smallest absolute Gasteiger partial charge is 0.337 e. The highest BCUT2D eigenvalue weighted by molar-refractivity contribution is 6.03. The van der Waals surface area contributed by atoms with E-state index >= 15 is 0 Å². The molecular formula is C39H46N4O5. The molecule has 0 saturated heterocycles. The van der Waals surface area contributed by atoms with Gasteiger partial charge in [0.2, 0.25) is 0 Å². The Morgan fingerprint density at radius 3 is 2.27 bits per heavy atom. The third-order valence-electron chi connectivity index (χ3n) is 9.24. The Balaban J connectivity index is 1.66. The van der Waals surface area contributed by atoms with Crippen LogP contribution in [0.25, 0.3) is 11.4 Å². The minimum Gasteiger partial charge on any atom is -0.465 e. The number of benzene rings is 3. The summed E-state index contributed by atoms with van der Waals surface area (Å²) in [7, 11) is 1.30. The molecule has 2 atom stereocenters. The zero-order valence-corrected chi connectivity index (χ0v) is 28.4. The molecule has 1 N–H and O–H groups in total. The van der Waals surface area contributed by atoms with Crippen molar-refractivity contribution in [2.24, 2.45) is 0 Å². The normalized spacial score (nSPS) is 14.7. The quantitative estimate of drug-likeness (QED) is 0.165. The standard InChI is InChI=1S/C39H46N4O5/c1-5-7-20-41(21-8-6-2)38(46)35-25-42(27(3)28-14-10-9-11-15-28)36(40-35)33-19-18-30(39(47)48-4)23-34(33)37(45)43-24-31-17-13-12-16-29(31)22-32(43)26-44/h9-19,23,25,27,32,44H,5-8,20-22,24,26H2,1-4H3/t27?,32-/m0/s1. The van der Waals surface area contributed by atoms with E-state index in [1.165, 1.54) is 7.11 Å². The summed E-state index contributed by atoms with van der Waals surface area (Å²) in [6.07, 6.45) is 6.01. The van der Waals surface area contributed by atoms with Gasteiger partial charge in [-0.2, -0.15) is 0 Å². The number of carbonyl (C=O) groups excluding carboxylic acids is 3. The van der Waals surface area contributed by atoms with Crippen LogP contribution in [-0.4, -0.2) is 75.1 Å². The van der Waals surface area contributed by atoms with E-state index in [-0.39, 0.29) is 35.6 Å². The molecule has 3 aromatic carbocycles. The molecule has 9 nitrogen and oxygen atoms in total. The number of amides is 2. The number of rotatable bonds is 13. The fourth-order valence-corrected chi connectivity index (χ4v) is 6.36. The number of nitrogens with zero attached hydrogens (tertiary/aromatic N) is 4. The van der Waals surface area contributed by atoms with Crippen LogP contribution in [0.3, 0.4) is 0 Å². The van der Waals surface area contributed by atoms with Crippen LogP contribution in [0, 0.1) is 0 Å². The first-order chi connectivity index (χ1) is 23.3. The second-order valence-electron chi connectivity index (χ2n) is 12.4. The molecule has 0 spiro atoms. The Kier molecular flexibility index (Phi) is 11.4. The summed E-state index contributed by atoms with van der Waals surface area (Å²) in [6, 6.07) is 22.0. The number of aliphatic hydroxyl groups excluding tert-OH is 1. The predicted molar refractivity (Wildman–Crippen MR) is 186 cm³/mol. The summed E-state index contributed by atoms with van der Waals surface area (Å²) in [5, 5.41) is 10.4. The SMILES string of the molecule is CCCCN(CCCC)C(=O)c1cn(C(C)c2ccccc2)c(-c2ccc(C(=O)OC)cc2C(=O)N2Cc3ccccc3C[C@H]2CO)n1. The number of methoxy groups -OCH3 is 1. The first kappa shape index (κ1) is 34.6. The van der Waals surface area contributed by atoms with Crippen molar-refractivity contribution < 1.29 is 24.2 Å². The van der Waals surface area contributed by atoms with E-state index in [2.05, 4.69) is 13.8 Å². The van der Waals surface area contributed by atoms with Crippen molar-refractivity contribution in [3.8, 4) is 11.4 Å². The number of imidazole rings is 1. The molecular weight excluding hydrogens is 604 g/mol. The zero-order valence-electron chi connectivity index (χ0n) is 28.4. The van der Waals surface area contributed by atoms with Crippen molar-refractivity contribution in [1.82, 2.24) is 19.4 Å². The van der Waals surface area contributed by atoms with E-state index < -0.39 is 12.0 Å². The molecule has 9 heteroatoms. The monoisotopic (exact) mass is 650 g/mol. The topological polar surface area (TPSA) is 105 Å². The van der Waals surface area contributed by atoms with Crippen molar-refractivity contribution in [3.63, 3.8) is 0 Å². The Morgan fingerprint density at radius 2 is 1.62 bits per heavy atom. The summed E-state index contributed by atoms with van der Waals surface area (Å²) in [6.45, 7) is 7.63. The number of fused-ring (bicyclic) bond motifs is 1. The second kappa shape index (κ2) is 15.9. The largest absolute Gasteiger partial charge is 0.465 e. The summed E-state index contributed by atoms with van der Waals surface area (Å²) in [5.74, 6) is -0.619. The van der Waals surface area contributed by atoms with Crippen LogP contribution in [0.5, 0.6) is 0 Å². The summed E-state index contributed by atoms with van der Waals surface area (Å²) in [5.41, 5.74) is 4.36. The average molecular weight is 651 g/mol. The molecule has 1 aliphatic rings. The van der Waals surface area contributed by atoms with Gasteiger partial charge in [-0.05, 0) is 61.1 Å². The molecule has 0 saturated carbocycles. The minimum absolute atomic E-state index is 0.149. The van der Waals surface area contributed by atoms with E-state index in [1.54, 1.807) is 29.3 Å². The molecule has 2 heterocycles. The van der Waals surface area contributed by atoms with Gasteiger partial charge in [-0.1, -0.05) is 81.3 Å². The number of hydrogen-bond donors (Lipinski definition) is 1. The molecule has 1 aliphatic heterocycles. The molecule has 2 amide bonds. The Morgan fingerprint density at radius 1 is 0.958 bits per heavy atom. The lowest BCUT2D eigenvalue weighted by Crippen LogP contribution is -2.46. The first-order valence-corrected chi connectivity index (χ1v) is 17.0. The highest BCUT2D eigenvalue weighted by atomic mass is 16.5. The minimum atomic E-state index is -0.572. The number of unbranched alkanes of at least 4 members (excludes halogenated alkanes) is 2. The van der Waals surface area contributed by atoms with Gasteiger partial charge in [0.05, 0.1) is 36.9 Å². The number of esters is 1. The summed E-state index contributed by atoms with van der Waals surface area (Å²) >= 11 is 0. The third-order valence-corrected chi connectivity index (χ3v) is 9.24. The number of aliphatic hydroxyl groups is 1. The van der Waals surface area contributed by atoms with Crippen molar-refractivity contribution >= 4 is 17.8 Å². The van der Waals surface area contributed by atoms with Crippen LogP contribution in [0.4, 0.5) is 0 Å². The van der Waals surface area contributed by atoms with E-state index in [1.807, 2.05) is 71.0 Å². The van der Waals surface area contributed by atoms with E-state index in [0.717, 1.165) is 42.4 Å². The molecule has 252 valence electrons. The fourth-order valence-electron chi connectivity index (χ4n) is 6.36. The average Bonchev–Trinajstić information content (AvgIpc) is 3.58. The number of hydrogen-bond acceptors (Lipinski definition) is 6. The molecule has 0 aliphatic carbocycles. The molecule has 1 aromatic heterocycles. The number of carbonyl (C=O) groups is 3. The molecule has 0 bridgehead atoms. The molecule has 0 fully saturated rings. The van der Waals surface area contributed by atoms with Gasteiger partial charge in [0.25, 0.3) is 11.8 Å². The van der Waals surface area contributed by atoms with E-state index in [9.17, 15) is 19.5 Å². The van der Waals surface area contributed by atoms with Crippen molar-refractivity contribution in [2.75, 3.05) is 26.8 Å². The summed E-state index contributed by atoms with van der Waals surface area (Å²) in [4.78, 5) is 49.9. The first-order valence-electron chi connectivity index (χ1n) is 17.0. The van der Waals surface area contributed by atoms with Gasteiger partial charge < -0.3 is 24.2 Å². The third kappa shape index (κ3) is 7.36. The van der Waals surface area contributed by atoms with Crippen LogP contribution < -0.4 is 0 Å². The van der Waals surface area contributed by atoms with Crippen LogP contribution in [0.15, 0.2) is 79.0 Å². The lowest BCUT2D eigenvalue weighted by molar-refractivity contribution is 0.0544. The highest BCUT2D eigenvalue weighted by Gasteiger charge is 2.33. The van der Waals surface area contributed by atoms with Crippen molar-refractivity contribution in [2.45, 2.75) is 71.5 Å². The van der Waals surface area contributed by atoms with Gasteiger partial charge in [-0.3, -0.25) is 9.59 Å². The predicted octanol–water partition coefficient (Wildman–Crippen LogP) is 6.55. The Labute approximate surface area is 283 Å². The van der Waals surface area contributed by atoms with Gasteiger partial charge in [0, 0.05) is 31.4 Å².